The van der Waals surface area contributed by atoms with E-state index >= 15 is 0 Å². The largest absolute Gasteiger partial charge is 0.334 e. The molecule has 21 heavy (non-hydrogen) atoms. The van der Waals surface area contributed by atoms with Crippen LogP contribution >= 0.6 is 23.2 Å². The Balaban J connectivity index is 2.31. The number of nitrogens with zero attached hydrogens (tertiary/aromatic N) is 1. The molecule has 1 N–H and O–H groups in total. The zero-order chi connectivity index (χ0) is 15.6. The molecule has 1 atom stereocenters. The van der Waals surface area contributed by atoms with Gasteiger partial charge in [0.25, 0.3) is 5.91 Å². The summed E-state index contributed by atoms with van der Waals surface area (Å²) in [6, 6.07) is 2.95. The van der Waals surface area contributed by atoms with Crippen LogP contribution < -0.4 is 5.32 Å². The zero-order valence-corrected chi connectivity index (χ0v) is 13.6. The van der Waals surface area contributed by atoms with E-state index in [9.17, 15) is 9.18 Å². The van der Waals surface area contributed by atoms with E-state index in [4.69, 9.17) is 23.2 Å². The number of hydrogen-bond acceptors (Lipinski definition) is 2. The van der Waals surface area contributed by atoms with Crippen LogP contribution in [0.2, 0.25) is 10.0 Å². The smallest absolute Gasteiger partial charge is 0.257 e. The lowest BCUT2D eigenvalue weighted by Gasteiger charge is -2.30. The summed E-state index contributed by atoms with van der Waals surface area (Å²) in [6.07, 6.45) is 0.876. The predicted molar refractivity (Wildman–Crippen MR) is 83.6 cm³/mol. The minimum Gasteiger partial charge on any atom is -0.334 e. The van der Waals surface area contributed by atoms with E-state index in [1.165, 1.54) is 12.1 Å². The van der Waals surface area contributed by atoms with Gasteiger partial charge >= 0.3 is 0 Å². The summed E-state index contributed by atoms with van der Waals surface area (Å²) in [7, 11) is 0. The molecule has 2 rings (SSSR count). The van der Waals surface area contributed by atoms with Crippen molar-refractivity contribution in [1.29, 1.82) is 0 Å². The predicted octanol–water partition coefficient (Wildman–Crippen LogP) is 3.59. The number of carbonyl (C=O) groups excluding carboxylic acids is 1. The van der Waals surface area contributed by atoms with Gasteiger partial charge in [-0.3, -0.25) is 4.79 Å². The Bertz CT molecular complexity index is 531. The first kappa shape index (κ1) is 16.5. The number of amides is 1. The SMILES string of the molecule is CC(C)CN(C(=O)c1ccc(Cl)c(Cl)c1F)C1CCNC1. The van der Waals surface area contributed by atoms with Gasteiger partial charge in [-0.15, -0.1) is 0 Å². The molecule has 3 nitrogen and oxygen atoms in total. The first-order chi connectivity index (χ1) is 9.91. The van der Waals surface area contributed by atoms with E-state index < -0.39 is 5.82 Å². The minimum absolute atomic E-state index is 0.0167. The second kappa shape index (κ2) is 6.95. The highest BCUT2D eigenvalue weighted by atomic mass is 35.5. The molecule has 1 aliphatic heterocycles. The fourth-order valence-electron chi connectivity index (χ4n) is 2.54. The third kappa shape index (κ3) is 3.68. The highest BCUT2D eigenvalue weighted by molar-refractivity contribution is 6.42. The Morgan fingerprint density at radius 2 is 2.19 bits per heavy atom. The molecular formula is C15H19Cl2FN2O. The molecule has 1 saturated heterocycles. The summed E-state index contributed by atoms with van der Waals surface area (Å²) in [4.78, 5) is 14.5. The van der Waals surface area contributed by atoms with E-state index in [-0.39, 0.29) is 27.6 Å². The molecule has 0 radical (unpaired) electrons. The van der Waals surface area contributed by atoms with E-state index in [2.05, 4.69) is 5.32 Å². The maximum absolute atomic E-state index is 14.2. The molecule has 1 heterocycles. The van der Waals surface area contributed by atoms with Crippen molar-refractivity contribution < 1.29 is 9.18 Å². The summed E-state index contributed by atoms with van der Waals surface area (Å²) in [5.74, 6) is -0.761. The number of halogens is 3. The molecule has 0 aromatic heterocycles. The van der Waals surface area contributed by atoms with Crippen molar-refractivity contribution in [2.24, 2.45) is 5.92 Å². The second-order valence-electron chi connectivity index (χ2n) is 5.72. The quantitative estimate of drug-likeness (QED) is 0.854. The number of nitrogens with one attached hydrogen (secondary N) is 1. The van der Waals surface area contributed by atoms with Gasteiger partial charge in [-0.1, -0.05) is 37.0 Å². The van der Waals surface area contributed by atoms with Crippen molar-refractivity contribution in [1.82, 2.24) is 10.2 Å². The lowest BCUT2D eigenvalue weighted by atomic mass is 10.1. The van der Waals surface area contributed by atoms with Crippen LogP contribution in [0.1, 0.15) is 30.6 Å². The van der Waals surface area contributed by atoms with Crippen LogP contribution in [0.4, 0.5) is 4.39 Å². The van der Waals surface area contributed by atoms with Crippen LogP contribution in [-0.4, -0.2) is 36.5 Å². The third-order valence-corrected chi connectivity index (χ3v) is 4.34. The minimum atomic E-state index is -0.742. The molecule has 0 bridgehead atoms. The standard InChI is InChI=1S/C15H19Cl2FN2O/c1-9(2)8-20(10-5-6-19-7-10)15(21)11-3-4-12(16)13(17)14(11)18/h3-4,9-10,19H,5-8H2,1-2H3. The van der Waals surface area contributed by atoms with Gasteiger partial charge in [0.05, 0.1) is 15.6 Å². The van der Waals surface area contributed by atoms with Crippen LogP contribution in [0.5, 0.6) is 0 Å². The maximum Gasteiger partial charge on any atom is 0.257 e. The molecule has 0 aliphatic carbocycles. The van der Waals surface area contributed by atoms with Crippen molar-refractivity contribution in [3.8, 4) is 0 Å². The lowest BCUT2D eigenvalue weighted by Crippen LogP contribution is -2.44. The van der Waals surface area contributed by atoms with E-state index in [0.717, 1.165) is 19.5 Å². The second-order valence-corrected chi connectivity index (χ2v) is 6.51. The molecule has 1 aromatic rings. The van der Waals surface area contributed by atoms with Crippen LogP contribution in [0.15, 0.2) is 12.1 Å². The van der Waals surface area contributed by atoms with Crippen LogP contribution in [0, 0.1) is 11.7 Å². The monoisotopic (exact) mass is 332 g/mol. The molecule has 0 spiro atoms. The van der Waals surface area contributed by atoms with Gasteiger partial charge in [0.15, 0.2) is 5.82 Å². The number of hydrogen-bond donors (Lipinski definition) is 1. The normalized spacial score (nSPS) is 18.3. The molecule has 1 unspecified atom stereocenters. The first-order valence-electron chi connectivity index (χ1n) is 7.07. The van der Waals surface area contributed by atoms with Crippen molar-refractivity contribution in [3.05, 3.63) is 33.6 Å². The molecule has 0 saturated carbocycles. The highest BCUT2D eigenvalue weighted by Crippen LogP contribution is 2.28. The lowest BCUT2D eigenvalue weighted by molar-refractivity contribution is 0.0662. The van der Waals surface area contributed by atoms with Gasteiger partial charge in [-0.05, 0) is 31.0 Å². The Labute approximate surface area is 134 Å². The number of rotatable bonds is 4. The summed E-state index contributed by atoms with van der Waals surface area (Å²) in [6.45, 7) is 6.27. The summed E-state index contributed by atoms with van der Waals surface area (Å²) in [5, 5.41) is 3.15. The fourth-order valence-corrected chi connectivity index (χ4v) is 2.85. The van der Waals surface area contributed by atoms with E-state index in [1.807, 2.05) is 13.8 Å². The Hall–Kier alpha value is -0.840. The number of carbonyl (C=O) groups is 1. The summed E-state index contributed by atoms with van der Waals surface area (Å²) < 4.78 is 14.2. The van der Waals surface area contributed by atoms with E-state index in [1.54, 1.807) is 4.90 Å². The van der Waals surface area contributed by atoms with Gasteiger partial charge in [0, 0.05) is 19.1 Å². The molecular weight excluding hydrogens is 314 g/mol. The Morgan fingerprint density at radius 1 is 1.48 bits per heavy atom. The molecule has 1 fully saturated rings. The van der Waals surface area contributed by atoms with Crippen molar-refractivity contribution >= 4 is 29.1 Å². The summed E-state index contributed by atoms with van der Waals surface area (Å²) >= 11 is 11.6. The fraction of sp³-hybridized carbons (Fsp3) is 0.533. The first-order valence-corrected chi connectivity index (χ1v) is 7.82. The molecule has 1 amide bonds. The van der Waals surface area contributed by atoms with Crippen LogP contribution in [0.25, 0.3) is 0 Å². The zero-order valence-electron chi connectivity index (χ0n) is 12.1. The topological polar surface area (TPSA) is 32.3 Å². The summed E-state index contributed by atoms with van der Waals surface area (Å²) in [5.41, 5.74) is -0.0167. The number of benzene rings is 1. The molecule has 116 valence electrons. The maximum atomic E-state index is 14.2. The van der Waals surface area contributed by atoms with E-state index in [0.29, 0.717) is 12.5 Å². The molecule has 1 aromatic carbocycles. The van der Waals surface area contributed by atoms with Crippen LogP contribution in [0.3, 0.4) is 0 Å². The third-order valence-electron chi connectivity index (χ3n) is 3.56. The Morgan fingerprint density at radius 3 is 2.76 bits per heavy atom. The average molecular weight is 333 g/mol. The van der Waals surface area contributed by atoms with Crippen molar-refractivity contribution in [2.75, 3.05) is 19.6 Å². The molecule has 1 aliphatic rings. The van der Waals surface area contributed by atoms with Gasteiger partial charge in [0.1, 0.15) is 0 Å². The van der Waals surface area contributed by atoms with Gasteiger partial charge in [0.2, 0.25) is 0 Å². The Kier molecular flexibility index (Phi) is 5.47. The van der Waals surface area contributed by atoms with Gasteiger partial charge < -0.3 is 10.2 Å². The van der Waals surface area contributed by atoms with Crippen molar-refractivity contribution in [2.45, 2.75) is 26.3 Å². The van der Waals surface area contributed by atoms with Crippen LogP contribution in [-0.2, 0) is 0 Å². The average Bonchev–Trinajstić information content (AvgIpc) is 2.95. The van der Waals surface area contributed by atoms with Gasteiger partial charge in [-0.25, -0.2) is 4.39 Å². The molecule has 6 heteroatoms. The van der Waals surface area contributed by atoms with Crippen molar-refractivity contribution in [3.63, 3.8) is 0 Å². The van der Waals surface area contributed by atoms with Gasteiger partial charge in [-0.2, -0.15) is 0 Å². The highest BCUT2D eigenvalue weighted by Gasteiger charge is 2.30.